The molecule has 8 heteroatoms. The van der Waals surface area contributed by atoms with Gasteiger partial charge in [-0.05, 0) is 36.4 Å². The van der Waals surface area contributed by atoms with Crippen molar-refractivity contribution in [1.29, 1.82) is 0 Å². The Balaban J connectivity index is 1.84. The van der Waals surface area contributed by atoms with E-state index in [1.807, 2.05) is 0 Å². The van der Waals surface area contributed by atoms with Crippen LogP contribution >= 0.6 is 11.8 Å². The van der Waals surface area contributed by atoms with Gasteiger partial charge in [0.2, 0.25) is 6.23 Å². The van der Waals surface area contributed by atoms with E-state index in [0.717, 1.165) is 0 Å². The predicted molar refractivity (Wildman–Crippen MR) is 89.6 cm³/mol. The van der Waals surface area contributed by atoms with Gasteiger partial charge in [0, 0.05) is 16.1 Å². The van der Waals surface area contributed by atoms with E-state index in [-0.39, 0.29) is 0 Å². The maximum Gasteiger partial charge on any atom is 0.344 e. The van der Waals surface area contributed by atoms with Crippen molar-refractivity contribution >= 4 is 23.4 Å². The third kappa shape index (κ3) is 3.48. The first-order valence-corrected chi connectivity index (χ1v) is 8.18. The first-order chi connectivity index (χ1) is 12.0. The summed E-state index contributed by atoms with van der Waals surface area (Å²) >= 11 is 0.471. The molecule has 0 radical (unpaired) electrons. The Morgan fingerprint density at radius 1 is 1.12 bits per heavy atom. The molecule has 0 spiro atoms. The van der Waals surface area contributed by atoms with Gasteiger partial charge < -0.3 is 19.5 Å². The molecule has 0 aliphatic carbocycles. The summed E-state index contributed by atoms with van der Waals surface area (Å²) in [6, 6.07) is 9.86. The number of methoxy groups -OCH3 is 2. The van der Waals surface area contributed by atoms with E-state index in [9.17, 15) is 13.6 Å². The second kappa shape index (κ2) is 7.18. The zero-order chi connectivity index (χ0) is 18.0. The maximum atomic E-state index is 12.4. The van der Waals surface area contributed by atoms with Crippen molar-refractivity contribution in [2.45, 2.75) is 16.9 Å². The Morgan fingerprint density at radius 2 is 1.84 bits per heavy atom. The fourth-order valence-corrected chi connectivity index (χ4v) is 3.09. The van der Waals surface area contributed by atoms with Gasteiger partial charge >= 0.3 is 5.97 Å². The van der Waals surface area contributed by atoms with Gasteiger partial charge in [-0.3, -0.25) is 0 Å². The van der Waals surface area contributed by atoms with Crippen LogP contribution in [0.3, 0.4) is 0 Å². The van der Waals surface area contributed by atoms with Crippen LogP contribution in [0.25, 0.3) is 0 Å². The molecule has 1 aliphatic rings. The lowest BCUT2D eigenvalue weighted by molar-refractivity contribution is 0.0435. The number of benzene rings is 2. The van der Waals surface area contributed by atoms with Gasteiger partial charge in [0.15, 0.2) is 11.5 Å². The van der Waals surface area contributed by atoms with Crippen molar-refractivity contribution in [3.8, 4) is 11.5 Å². The SMILES string of the molecule is COc1ccc2c(c1OC)C(=O)OC2Nc1ccc(SC(F)F)cc1. The zero-order valence-electron chi connectivity index (χ0n) is 13.4. The summed E-state index contributed by atoms with van der Waals surface area (Å²) in [4.78, 5) is 12.7. The number of carbonyl (C=O) groups is 1. The maximum absolute atomic E-state index is 12.4. The van der Waals surface area contributed by atoms with Crippen molar-refractivity contribution < 1.29 is 27.8 Å². The number of ether oxygens (including phenoxy) is 3. The number of halogens is 2. The number of anilines is 1. The molecule has 1 heterocycles. The van der Waals surface area contributed by atoms with E-state index < -0.39 is 18.0 Å². The smallest absolute Gasteiger partial charge is 0.344 e. The number of alkyl halides is 2. The summed E-state index contributed by atoms with van der Waals surface area (Å²) in [7, 11) is 2.94. The van der Waals surface area contributed by atoms with Crippen molar-refractivity contribution in [3.05, 3.63) is 47.5 Å². The Labute approximate surface area is 147 Å². The van der Waals surface area contributed by atoms with Gasteiger partial charge in [0.1, 0.15) is 5.56 Å². The van der Waals surface area contributed by atoms with Crippen LogP contribution in [0.15, 0.2) is 41.3 Å². The summed E-state index contributed by atoms with van der Waals surface area (Å²) in [5.41, 5.74) is 1.57. The second-order valence-electron chi connectivity index (χ2n) is 5.10. The number of fused-ring (bicyclic) bond motifs is 1. The van der Waals surface area contributed by atoms with Crippen molar-refractivity contribution in [2.75, 3.05) is 19.5 Å². The van der Waals surface area contributed by atoms with Crippen LogP contribution in [0, 0.1) is 0 Å². The third-order valence-corrected chi connectivity index (χ3v) is 4.39. The van der Waals surface area contributed by atoms with E-state index >= 15 is 0 Å². The van der Waals surface area contributed by atoms with E-state index in [0.29, 0.717) is 45.0 Å². The van der Waals surface area contributed by atoms with Gasteiger partial charge in [-0.1, -0.05) is 11.8 Å². The van der Waals surface area contributed by atoms with Gasteiger partial charge in [0.25, 0.3) is 5.76 Å². The minimum atomic E-state index is -2.47. The molecule has 25 heavy (non-hydrogen) atoms. The van der Waals surface area contributed by atoms with E-state index in [4.69, 9.17) is 14.2 Å². The number of hydrogen-bond donors (Lipinski definition) is 1. The van der Waals surface area contributed by atoms with Gasteiger partial charge in [-0.15, -0.1) is 0 Å². The second-order valence-corrected chi connectivity index (χ2v) is 6.16. The molecule has 132 valence electrons. The number of hydrogen-bond acceptors (Lipinski definition) is 6. The molecule has 2 aromatic rings. The highest BCUT2D eigenvalue weighted by molar-refractivity contribution is 7.99. The van der Waals surface area contributed by atoms with Crippen LogP contribution in [-0.4, -0.2) is 25.9 Å². The summed E-state index contributed by atoms with van der Waals surface area (Å²) in [5, 5.41) is 3.06. The van der Waals surface area contributed by atoms with Gasteiger partial charge in [-0.25, -0.2) is 4.79 Å². The van der Waals surface area contributed by atoms with Gasteiger partial charge in [0.05, 0.1) is 14.2 Å². The topological polar surface area (TPSA) is 56.8 Å². The van der Waals surface area contributed by atoms with Crippen LogP contribution < -0.4 is 14.8 Å². The van der Waals surface area contributed by atoms with E-state index in [2.05, 4.69) is 5.32 Å². The lowest BCUT2D eigenvalue weighted by Crippen LogP contribution is -2.10. The summed E-state index contributed by atoms with van der Waals surface area (Å²) in [6.45, 7) is 0. The number of thioether (sulfide) groups is 1. The molecule has 0 saturated heterocycles. The lowest BCUT2D eigenvalue weighted by Gasteiger charge is -2.15. The number of carbonyl (C=O) groups excluding carboxylic acids is 1. The average Bonchev–Trinajstić information content (AvgIpc) is 2.91. The highest BCUT2D eigenvalue weighted by atomic mass is 32.2. The summed E-state index contributed by atoms with van der Waals surface area (Å²) in [5.74, 6) is -2.23. The number of nitrogens with one attached hydrogen (secondary N) is 1. The molecule has 1 aliphatic heterocycles. The molecule has 1 atom stereocenters. The normalized spacial score (nSPS) is 15.7. The molecular formula is C17H15F2NO4S. The van der Waals surface area contributed by atoms with Crippen LogP contribution in [0.5, 0.6) is 11.5 Å². The zero-order valence-corrected chi connectivity index (χ0v) is 14.2. The molecule has 0 aromatic heterocycles. The van der Waals surface area contributed by atoms with Crippen molar-refractivity contribution in [3.63, 3.8) is 0 Å². The number of cyclic esters (lactones) is 1. The third-order valence-electron chi connectivity index (χ3n) is 3.67. The quantitative estimate of drug-likeness (QED) is 0.607. The molecule has 0 fully saturated rings. The molecule has 0 bridgehead atoms. The Bertz CT molecular complexity index is 783. The van der Waals surface area contributed by atoms with Crippen LogP contribution in [-0.2, 0) is 4.74 Å². The van der Waals surface area contributed by atoms with Crippen molar-refractivity contribution in [2.24, 2.45) is 0 Å². The van der Waals surface area contributed by atoms with Crippen LogP contribution in [0.2, 0.25) is 0 Å². The number of rotatable bonds is 6. The number of esters is 1. The molecule has 0 amide bonds. The van der Waals surface area contributed by atoms with E-state index in [1.165, 1.54) is 14.2 Å². The predicted octanol–water partition coefficient (Wildman–Crippen LogP) is 4.30. The Kier molecular flexibility index (Phi) is 4.98. The molecule has 1 N–H and O–H groups in total. The molecule has 2 aromatic carbocycles. The highest BCUT2D eigenvalue weighted by Crippen LogP contribution is 2.42. The van der Waals surface area contributed by atoms with Crippen LogP contribution in [0.4, 0.5) is 14.5 Å². The summed E-state index contributed by atoms with van der Waals surface area (Å²) < 4.78 is 40.5. The molecule has 3 rings (SSSR count). The molecule has 1 unspecified atom stereocenters. The Hall–Kier alpha value is -2.48. The molecular weight excluding hydrogens is 352 g/mol. The fourth-order valence-electron chi connectivity index (χ4n) is 2.59. The van der Waals surface area contributed by atoms with Gasteiger partial charge in [-0.2, -0.15) is 8.78 Å². The molecule has 0 saturated carbocycles. The largest absolute Gasteiger partial charge is 0.493 e. The minimum absolute atomic E-state index is 0.309. The average molecular weight is 367 g/mol. The van der Waals surface area contributed by atoms with Crippen LogP contribution in [0.1, 0.15) is 22.1 Å². The molecule has 5 nitrogen and oxygen atoms in total. The monoisotopic (exact) mass is 367 g/mol. The summed E-state index contributed by atoms with van der Waals surface area (Å²) in [6.07, 6.45) is -0.698. The van der Waals surface area contributed by atoms with E-state index in [1.54, 1.807) is 36.4 Å². The fraction of sp³-hybridized carbons (Fsp3) is 0.235. The first kappa shape index (κ1) is 17.3. The van der Waals surface area contributed by atoms with Crippen molar-refractivity contribution in [1.82, 2.24) is 0 Å². The first-order valence-electron chi connectivity index (χ1n) is 7.30. The highest BCUT2D eigenvalue weighted by Gasteiger charge is 2.35. The standard InChI is InChI=1S/C17H15F2NO4S/c1-22-12-8-7-11-13(14(12)23-2)16(21)24-15(11)20-9-3-5-10(6-4-9)25-17(18)19/h3-8,15,17,20H,1-2H3. The minimum Gasteiger partial charge on any atom is -0.493 e. The Morgan fingerprint density at radius 3 is 2.44 bits per heavy atom. The lowest BCUT2D eigenvalue weighted by atomic mass is 10.1.